The van der Waals surface area contributed by atoms with Gasteiger partial charge in [0.15, 0.2) is 0 Å². The Morgan fingerprint density at radius 1 is 1.20 bits per heavy atom. The number of nitrogens with zero attached hydrogens (tertiary/aromatic N) is 1. The molecule has 3 aromatic rings. The molecule has 156 valence electrons. The molecule has 0 fully saturated rings. The lowest BCUT2D eigenvalue weighted by molar-refractivity contribution is -0.117. The molecule has 1 aromatic heterocycles. The van der Waals surface area contributed by atoms with Gasteiger partial charge >= 0.3 is 0 Å². The highest BCUT2D eigenvalue weighted by atomic mass is 35.5. The number of hydrogen-bond donors (Lipinski definition) is 1. The van der Waals surface area contributed by atoms with Crippen LogP contribution in [0.25, 0.3) is 0 Å². The van der Waals surface area contributed by atoms with E-state index < -0.39 is 0 Å². The summed E-state index contributed by atoms with van der Waals surface area (Å²) in [6.45, 7) is 7.64. The van der Waals surface area contributed by atoms with Gasteiger partial charge in [-0.2, -0.15) is 0 Å². The molecule has 0 unspecified atom stereocenters. The van der Waals surface area contributed by atoms with Crippen LogP contribution in [0.2, 0.25) is 5.02 Å². The smallest absolute Gasteiger partial charge is 0.238 e. The van der Waals surface area contributed by atoms with Crippen LogP contribution in [0.4, 0.5) is 5.69 Å². The molecule has 0 radical (unpaired) electrons. The number of amides is 1. The van der Waals surface area contributed by atoms with Crippen LogP contribution in [0, 0.1) is 13.8 Å². The third-order valence-corrected chi connectivity index (χ3v) is 7.38. The van der Waals surface area contributed by atoms with Crippen molar-refractivity contribution >= 4 is 34.5 Å². The number of hydrogen-bond acceptors (Lipinski definition) is 3. The first-order valence-electron chi connectivity index (χ1n) is 10.4. The van der Waals surface area contributed by atoms with Gasteiger partial charge in [-0.25, -0.2) is 0 Å². The second kappa shape index (κ2) is 8.93. The van der Waals surface area contributed by atoms with Gasteiger partial charge in [-0.15, -0.1) is 11.3 Å². The standard InChI is InChI=1S/C25H27ClN2OS/c1-4-19-17(3)30-25-20(19)12-13-28(24(25)18-8-6-5-7-9-18)15-23(29)27-22-11-10-16(2)14-21(22)26/h5-11,14,24H,4,12-13,15H2,1-3H3,(H,27,29)/t24-/m1/s1. The van der Waals surface area contributed by atoms with Gasteiger partial charge in [0.25, 0.3) is 0 Å². The number of rotatable bonds is 5. The zero-order valence-corrected chi connectivity index (χ0v) is 19.2. The summed E-state index contributed by atoms with van der Waals surface area (Å²) in [6.07, 6.45) is 2.05. The second-order valence-corrected chi connectivity index (χ2v) is 9.56. The summed E-state index contributed by atoms with van der Waals surface area (Å²) in [7, 11) is 0. The van der Waals surface area contributed by atoms with Gasteiger partial charge in [-0.3, -0.25) is 9.69 Å². The Morgan fingerprint density at radius 2 is 1.97 bits per heavy atom. The highest BCUT2D eigenvalue weighted by Crippen LogP contribution is 2.42. The van der Waals surface area contributed by atoms with Gasteiger partial charge in [0, 0.05) is 16.3 Å². The molecule has 0 spiro atoms. The van der Waals surface area contributed by atoms with E-state index in [4.69, 9.17) is 11.6 Å². The van der Waals surface area contributed by atoms with Crippen LogP contribution >= 0.6 is 22.9 Å². The topological polar surface area (TPSA) is 32.3 Å². The van der Waals surface area contributed by atoms with Gasteiger partial charge in [-0.1, -0.05) is 54.9 Å². The number of anilines is 1. The summed E-state index contributed by atoms with van der Waals surface area (Å²) < 4.78 is 0. The Hall–Kier alpha value is -2.14. The normalized spacial score (nSPS) is 16.3. The average molecular weight is 439 g/mol. The van der Waals surface area contributed by atoms with E-state index in [2.05, 4.69) is 48.3 Å². The lowest BCUT2D eigenvalue weighted by Crippen LogP contribution is -2.40. The quantitative estimate of drug-likeness (QED) is 0.516. The molecule has 0 bridgehead atoms. The third-order valence-electron chi connectivity index (χ3n) is 5.83. The number of benzene rings is 2. The average Bonchev–Trinajstić information content (AvgIpc) is 3.05. The zero-order valence-electron chi connectivity index (χ0n) is 17.7. The molecule has 0 saturated carbocycles. The van der Waals surface area contributed by atoms with E-state index in [0.29, 0.717) is 17.3 Å². The summed E-state index contributed by atoms with van der Waals surface area (Å²) in [5.41, 5.74) is 5.97. The molecule has 3 nitrogen and oxygen atoms in total. The van der Waals surface area contributed by atoms with Gasteiger partial charge in [0.1, 0.15) is 0 Å². The van der Waals surface area contributed by atoms with E-state index in [1.165, 1.54) is 26.4 Å². The van der Waals surface area contributed by atoms with Crippen molar-refractivity contribution in [2.75, 3.05) is 18.4 Å². The van der Waals surface area contributed by atoms with Crippen molar-refractivity contribution in [1.29, 1.82) is 0 Å². The van der Waals surface area contributed by atoms with Crippen LogP contribution in [-0.4, -0.2) is 23.9 Å². The van der Waals surface area contributed by atoms with Gasteiger partial charge in [-0.05, 0) is 61.1 Å². The summed E-state index contributed by atoms with van der Waals surface area (Å²) >= 11 is 8.21. The molecular formula is C25H27ClN2OS. The number of nitrogens with one attached hydrogen (secondary N) is 1. The molecule has 1 amide bonds. The largest absolute Gasteiger partial charge is 0.324 e. The summed E-state index contributed by atoms with van der Waals surface area (Å²) in [5.74, 6) is -0.0332. The van der Waals surface area contributed by atoms with Crippen LogP contribution in [0.15, 0.2) is 48.5 Å². The molecule has 4 rings (SSSR count). The molecule has 30 heavy (non-hydrogen) atoms. The van der Waals surface area contributed by atoms with E-state index in [9.17, 15) is 4.79 Å². The third kappa shape index (κ3) is 4.18. The lowest BCUT2D eigenvalue weighted by atomic mass is 9.91. The Morgan fingerprint density at radius 3 is 2.67 bits per heavy atom. The molecule has 2 heterocycles. The van der Waals surface area contributed by atoms with Crippen molar-refractivity contribution in [1.82, 2.24) is 4.90 Å². The summed E-state index contributed by atoms with van der Waals surface area (Å²) in [5, 5.41) is 3.57. The minimum absolute atomic E-state index is 0.0332. The van der Waals surface area contributed by atoms with Crippen LogP contribution in [0.5, 0.6) is 0 Å². The minimum Gasteiger partial charge on any atom is -0.324 e. The minimum atomic E-state index is -0.0332. The Labute approximate surface area is 187 Å². The van der Waals surface area contributed by atoms with Crippen molar-refractivity contribution in [2.45, 2.75) is 39.7 Å². The van der Waals surface area contributed by atoms with Crippen LogP contribution < -0.4 is 5.32 Å². The number of halogens is 1. The zero-order chi connectivity index (χ0) is 21.3. The molecule has 1 aliphatic rings. The van der Waals surface area contributed by atoms with Crippen molar-refractivity contribution in [3.05, 3.63) is 85.6 Å². The van der Waals surface area contributed by atoms with E-state index in [1.807, 2.05) is 42.5 Å². The number of carbonyl (C=O) groups excluding carboxylic acids is 1. The number of fused-ring (bicyclic) bond motifs is 1. The maximum atomic E-state index is 12.9. The first-order valence-corrected chi connectivity index (χ1v) is 11.6. The van der Waals surface area contributed by atoms with E-state index >= 15 is 0 Å². The fourth-order valence-corrected chi connectivity index (χ4v) is 6.17. The molecule has 1 aliphatic heterocycles. The number of carbonyl (C=O) groups is 1. The van der Waals surface area contributed by atoms with E-state index in [1.54, 1.807) is 0 Å². The molecule has 1 N–H and O–H groups in total. The number of thiophene rings is 1. The van der Waals surface area contributed by atoms with Crippen molar-refractivity contribution in [3.8, 4) is 0 Å². The monoisotopic (exact) mass is 438 g/mol. The molecule has 0 aliphatic carbocycles. The van der Waals surface area contributed by atoms with Crippen molar-refractivity contribution in [2.24, 2.45) is 0 Å². The van der Waals surface area contributed by atoms with Crippen LogP contribution in [0.1, 0.15) is 45.0 Å². The predicted molar refractivity (Wildman–Crippen MR) is 127 cm³/mol. The maximum absolute atomic E-state index is 12.9. The molecule has 1 atom stereocenters. The predicted octanol–water partition coefficient (Wildman–Crippen LogP) is 6.17. The highest BCUT2D eigenvalue weighted by Gasteiger charge is 2.33. The van der Waals surface area contributed by atoms with Gasteiger partial charge < -0.3 is 5.32 Å². The van der Waals surface area contributed by atoms with E-state index in [-0.39, 0.29) is 11.9 Å². The molecule has 0 saturated heterocycles. The lowest BCUT2D eigenvalue weighted by Gasteiger charge is -2.36. The fraction of sp³-hybridized carbons (Fsp3) is 0.320. The van der Waals surface area contributed by atoms with Gasteiger partial charge in [0.05, 0.1) is 23.3 Å². The first-order chi connectivity index (χ1) is 14.5. The second-order valence-electron chi connectivity index (χ2n) is 7.90. The maximum Gasteiger partial charge on any atom is 0.238 e. The highest BCUT2D eigenvalue weighted by molar-refractivity contribution is 7.12. The van der Waals surface area contributed by atoms with Gasteiger partial charge in [0.2, 0.25) is 5.91 Å². The van der Waals surface area contributed by atoms with Crippen LogP contribution in [0.3, 0.4) is 0 Å². The summed E-state index contributed by atoms with van der Waals surface area (Å²) in [4.78, 5) is 18.0. The first kappa shape index (κ1) is 21.1. The van der Waals surface area contributed by atoms with Crippen LogP contribution in [-0.2, 0) is 17.6 Å². The SMILES string of the molecule is CCc1c(C)sc2c1CCN(CC(=O)Nc1ccc(C)cc1Cl)[C@@H]2c1ccccc1. The number of aryl methyl sites for hydroxylation is 2. The van der Waals surface area contributed by atoms with Crippen molar-refractivity contribution < 1.29 is 4.79 Å². The Bertz CT molecular complexity index is 1060. The molecular weight excluding hydrogens is 412 g/mol. The Kier molecular flexibility index (Phi) is 6.28. The summed E-state index contributed by atoms with van der Waals surface area (Å²) in [6, 6.07) is 16.3. The fourth-order valence-electron chi connectivity index (χ4n) is 4.42. The molecule has 5 heteroatoms. The van der Waals surface area contributed by atoms with Crippen molar-refractivity contribution in [3.63, 3.8) is 0 Å². The van der Waals surface area contributed by atoms with E-state index in [0.717, 1.165) is 24.9 Å². The Balaban J connectivity index is 1.62. The molecule has 2 aromatic carbocycles.